The fourth-order valence-corrected chi connectivity index (χ4v) is 3.40. The molecule has 2 fully saturated rings. The van der Waals surface area contributed by atoms with E-state index in [1.54, 1.807) is 4.90 Å². The molecule has 1 saturated heterocycles. The lowest BCUT2D eigenvalue weighted by molar-refractivity contribution is -0.384. The number of rotatable bonds is 4. The molecule has 0 radical (unpaired) electrons. The number of nitrogens with zero attached hydrogens (tertiary/aromatic N) is 4. The minimum Gasteiger partial charge on any atom is -0.339 e. The monoisotopic (exact) mass is 321 g/mol. The maximum Gasteiger partial charge on any atom is 0.331 e. The summed E-state index contributed by atoms with van der Waals surface area (Å²) < 4.78 is 1.25. The Labute approximate surface area is 132 Å². The lowest BCUT2D eigenvalue weighted by Gasteiger charge is -2.23. The topological polar surface area (TPSA) is 110 Å². The van der Waals surface area contributed by atoms with E-state index < -0.39 is 10.8 Å². The molecule has 1 atom stereocenters. The van der Waals surface area contributed by atoms with Crippen molar-refractivity contribution in [2.24, 2.45) is 13.0 Å². The van der Waals surface area contributed by atoms with Gasteiger partial charge in [-0.2, -0.15) is 5.10 Å². The van der Waals surface area contributed by atoms with E-state index in [4.69, 9.17) is 0 Å². The Balaban J connectivity index is 1.69. The molecule has 2 amide bonds. The van der Waals surface area contributed by atoms with Crippen LogP contribution < -0.4 is 5.32 Å². The van der Waals surface area contributed by atoms with Gasteiger partial charge < -0.3 is 10.2 Å². The predicted molar refractivity (Wildman–Crippen MR) is 80.6 cm³/mol. The van der Waals surface area contributed by atoms with E-state index in [1.807, 2.05) is 0 Å². The van der Waals surface area contributed by atoms with Crippen LogP contribution in [0.5, 0.6) is 0 Å². The molecule has 23 heavy (non-hydrogen) atoms. The highest BCUT2D eigenvalue weighted by molar-refractivity contribution is 5.98. The molecular formula is C14H19N5O4. The van der Waals surface area contributed by atoms with Crippen molar-refractivity contribution in [1.82, 2.24) is 14.7 Å². The SMILES string of the molecule is Cn1ncc([N+](=O)[O-])c1NC(=O)C1CC(=O)N(C2CCCC2)C1. The Morgan fingerprint density at radius 3 is 2.78 bits per heavy atom. The van der Waals surface area contributed by atoms with Crippen molar-refractivity contribution in [1.29, 1.82) is 0 Å². The third-order valence-electron chi connectivity index (χ3n) is 4.65. The van der Waals surface area contributed by atoms with Crippen LogP contribution in [0.15, 0.2) is 6.20 Å². The predicted octanol–water partition coefficient (Wildman–Crippen LogP) is 1.06. The number of anilines is 1. The number of hydrogen-bond acceptors (Lipinski definition) is 5. The average Bonchev–Trinajstić information content (AvgIpc) is 3.20. The number of aromatic nitrogens is 2. The van der Waals surface area contributed by atoms with Crippen molar-refractivity contribution in [2.45, 2.75) is 38.1 Å². The van der Waals surface area contributed by atoms with Crippen LogP contribution in [0, 0.1) is 16.0 Å². The Bertz CT molecular complexity index is 650. The summed E-state index contributed by atoms with van der Waals surface area (Å²) in [5.41, 5.74) is -0.252. The Kier molecular flexibility index (Phi) is 4.01. The van der Waals surface area contributed by atoms with Gasteiger partial charge in [-0.3, -0.25) is 19.7 Å². The van der Waals surface area contributed by atoms with Crippen molar-refractivity contribution in [2.75, 3.05) is 11.9 Å². The van der Waals surface area contributed by atoms with E-state index in [1.165, 1.54) is 11.7 Å². The number of likely N-dealkylation sites (tertiary alicyclic amines) is 1. The molecule has 1 aliphatic carbocycles. The molecule has 9 nitrogen and oxygen atoms in total. The summed E-state index contributed by atoms with van der Waals surface area (Å²) in [6.45, 7) is 0.390. The largest absolute Gasteiger partial charge is 0.339 e. The lowest BCUT2D eigenvalue weighted by Crippen LogP contribution is -2.35. The van der Waals surface area contributed by atoms with Crippen molar-refractivity contribution in [3.05, 3.63) is 16.3 Å². The fourth-order valence-electron chi connectivity index (χ4n) is 3.40. The molecular weight excluding hydrogens is 302 g/mol. The first-order valence-electron chi connectivity index (χ1n) is 7.74. The second-order valence-electron chi connectivity index (χ2n) is 6.13. The normalized spacial score (nSPS) is 21.9. The summed E-state index contributed by atoms with van der Waals surface area (Å²) in [6, 6.07) is 0.242. The third kappa shape index (κ3) is 2.90. The molecule has 124 valence electrons. The van der Waals surface area contributed by atoms with E-state index in [2.05, 4.69) is 10.4 Å². The number of aryl methyl sites for hydroxylation is 1. The quantitative estimate of drug-likeness (QED) is 0.658. The highest BCUT2D eigenvalue weighted by atomic mass is 16.6. The number of hydrogen-bond donors (Lipinski definition) is 1. The van der Waals surface area contributed by atoms with Gasteiger partial charge in [-0.15, -0.1) is 0 Å². The van der Waals surface area contributed by atoms with E-state index in [0.29, 0.717) is 6.54 Å². The van der Waals surface area contributed by atoms with Crippen molar-refractivity contribution in [3.63, 3.8) is 0 Å². The van der Waals surface area contributed by atoms with Gasteiger partial charge in [-0.05, 0) is 12.8 Å². The van der Waals surface area contributed by atoms with Crippen LogP contribution in [0.3, 0.4) is 0 Å². The second-order valence-corrected chi connectivity index (χ2v) is 6.13. The highest BCUT2D eigenvalue weighted by Crippen LogP contribution is 2.30. The van der Waals surface area contributed by atoms with Crippen LogP contribution >= 0.6 is 0 Å². The summed E-state index contributed by atoms with van der Waals surface area (Å²) in [7, 11) is 1.52. The van der Waals surface area contributed by atoms with Crippen LogP contribution in [0.4, 0.5) is 11.5 Å². The summed E-state index contributed by atoms with van der Waals surface area (Å²) in [5, 5.41) is 17.3. The van der Waals surface area contributed by atoms with Crippen LogP contribution in [0.1, 0.15) is 32.1 Å². The Morgan fingerprint density at radius 1 is 1.43 bits per heavy atom. The number of nitro groups is 1. The standard InChI is InChI=1S/C14H19N5O4/c1-17-13(11(7-15-17)19(22)23)16-14(21)9-6-12(20)18(8-9)10-4-2-3-5-10/h7,9-10H,2-6,8H2,1H3,(H,16,21). The van der Waals surface area contributed by atoms with Gasteiger partial charge in [-0.1, -0.05) is 12.8 Å². The maximum atomic E-state index is 12.4. The van der Waals surface area contributed by atoms with Crippen LogP contribution in [-0.4, -0.2) is 44.0 Å². The van der Waals surface area contributed by atoms with Gasteiger partial charge in [-0.25, -0.2) is 4.68 Å². The molecule has 1 unspecified atom stereocenters. The zero-order valence-electron chi connectivity index (χ0n) is 12.9. The molecule has 1 saturated carbocycles. The van der Waals surface area contributed by atoms with Gasteiger partial charge >= 0.3 is 5.69 Å². The third-order valence-corrected chi connectivity index (χ3v) is 4.65. The first-order valence-corrected chi connectivity index (χ1v) is 7.74. The van der Waals surface area contributed by atoms with Crippen molar-refractivity contribution < 1.29 is 14.5 Å². The van der Waals surface area contributed by atoms with Gasteiger partial charge in [0, 0.05) is 26.1 Å². The molecule has 1 aliphatic heterocycles. The molecule has 2 aliphatic rings. The number of carbonyl (C=O) groups is 2. The highest BCUT2D eigenvalue weighted by Gasteiger charge is 2.39. The number of carbonyl (C=O) groups excluding carboxylic acids is 2. The number of nitrogens with one attached hydrogen (secondary N) is 1. The molecule has 1 aromatic rings. The van der Waals surface area contributed by atoms with E-state index in [0.717, 1.165) is 31.9 Å². The molecule has 0 bridgehead atoms. The summed E-state index contributed by atoms with van der Waals surface area (Å²) >= 11 is 0. The molecule has 2 heterocycles. The van der Waals surface area contributed by atoms with Gasteiger partial charge in [0.05, 0.1) is 10.8 Å². The zero-order valence-corrected chi connectivity index (χ0v) is 12.9. The van der Waals surface area contributed by atoms with Crippen LogP contribution in [-0.2, 0) is 16.6 Å². The van der Waals surface area contributed by atoms with Crippen LogP contribution in [0.2, 0.25) is 0 Å². The van der Waals surface area contributed by atoms with Crippen LogP contribution in [0.25, 0.3) is 0 Å². The van der Waals surface area contributed by atoms with E-state index >= 15 is 0 Å². The van der Waals surface area contributed by atoms with Gasteiger partial charge in [0.2, 0.25) is 17.6 Å². The molecule has 3 rings (SSSR count). The Morgan fingerprint density at radius 2 is 2.13 bits per heavy atom. The maximum absolute atomic E-state index is 12.4. The smallest absolute Gasteiger partial charge is 0.331 e. The summed E-state index contributed by atoms with van der Waals surface area (Å²) in [5.74, 6) is -0.800. The zero-order chi connectivity index (χ0) is 16.6. The number of amides is 2. The average molecular weight is 321 g/mol. The lowest BCUT2D eigenvalue weighted by atomic mass is 10.1. The molecule has 9 heteroatoms. The van der Waals surface area contributed by atoms with Gasteiger partial charge in [0.1, 0.15) is 6.20 Å². The minimum absolute atomic E-state index is 0.00319. The minimum atomic E-state index is -0.590. The van der Waals surface area contributed by atoms with E-state index in [9.17, 15) is 19.7 Å². The first kappa shape index (κ1) is 15.4. The van der Waals surface area contributed by atoms with Crippen molar-refractivity contribution >= 4 is 23.3 Å². The van der Waals surface area contributed by atoms with Crippen molar-refractivity contribution in [3.8, 4) is 0 Å². The second kappa shape index (κ2) is 5.98. The van der Waals surface area contributed by atoms with Gasteiger partial charge in [0.15, 0.2) is 0 Å². The fraction of sp³-hybridized carbons (Fsp3) is 0.643. The molecule has 0 aromatic carbocycles. The molecule has 0 spiro atoms. The summed E-state index contributed by atoms with van der Waals surface area (Å²) in [6.07, 6.45) is 5.48. The molecule has 1 aromatic heterocycles. The Hall–Kier alpha value is -2.45. The van der Waals surface area contributed by atoms with Gasteiger partial charge in [0.25, 0.3) is 0 Å². The molecule has 1 N–H and O–H groups in total. The first-order chi connectivity index (χ1) is 11.0. The summed E-state index contributed by atoms with van der Waals surface area (Å²) in [4.78, 5) is 36.7. The van der Waals surface area contributed by atoms with E-state index in [-0.39, 0.29) is 35.8 Å².